The second-order valence-corrected chi connectivity index (χ2v) is 9.14. The molecule has 2 aromatic rings. The molecule has 0 atom stereocenters. The zero-order valence-electron chi connectivity index (χ0n) is 21.4. The van der Waals surface area contributed by atoms with Crippen LogP contribution >= 0.6 is 0 Å². The predicted molar refractivity (Wildman–Crippen MR) is 142 cm³/mol. The van der Waals surface area contributed by atoms with Gasteiger partial charge in [-0.25, -0.2) is 4.79 Å². The van der Waals surface area contributed by atoms with Crippen LogP contribution in [0.4, 0.5) is 10.5 Å². The number of nitrogens with zero attached hydrogens (tertiary/aromatic N) is 3. The first-order chi connectivity index (χ1) is 16.9. The molecule has 1 fully saturated rings. The van der Waals surface area contributed by atoms with E-state index in [9.17, 15) is 9.59 Å². The highest BCUT2D eigenvalue weighted by Crippen LogP contribution is 2.19. The summed E-state index contributed by atoms with van der Waals surface area (Å²) in [5, 5.41) is 3.00. The maximum atomic E-state index is 12.7. The second-order valence-electron chi connectivity index (χ2n) is 9.14. The number of hydrogen-bond donors (Lipinski definition) is 1. The molecule has 0 spiro atoms. The Bertz CT molecular complexity index is 996. The Labute approximate surface area is 209 Å². The quantitative estimate of drug-likeness (QED) is 0.575. The molecule has 3 rings (SSSR count). The molecule has 3 amide bonds. The van der Waals surface area contributed by atoms with E-state index in [-0.39, 0.29) is 11.9 Å². The van der Waals surface area contributed by atoms with Crippen LogP contribution in [0.5, 0.6) is 5.75 Å². The minimum absolute atomic E-state index is 0.0520. The minimum Gasteiger partial charge on any atom is -0.496 e. The van der Waals surface area contributed by atoms with E-state index < -0.39 is 0 Å². The Morgan fingerprint density at radius 1 is 1.06 bits per heavy atom. The molecule has 0 radical (unpaired) electrons. The third kappa shape index (κ3) is 7.86. The zero-order chi connectivity index (χ0) is 25.2. The summed E-state index contributed by atoms with van der Waals surface area (Å²) in [6, 6.07) is 15.8. The van der Waals surface area contributed by atoms with Gasteiger partial charge < -0.3 is 19.9 Å². The van der Waals surface area contributed by atoms with Gasteiger partial charge in [-0.05, 0) is 29.7 Å². The first-order valence-electron chi connectivity index (χ1n) is 12.3. The summed E-state index contributed by atoms with van der Waals surface area (Å²) in [5.41, 5.74) is 3.07. The smallest absolute Gasteiger partial charge is 0.321 e. The monoisotopic (exact) mass is 478 g/mol. The third-order valence-corrected chi connectivity index (χ3v) is 6.38. The van der Waals surface area contributed by atoms with Crippen molar-refractivity contribution in [1.29, 1.82) is 0 Å². The summed E-state index contributed by atoms with van der Waals surface area (Å²) in [6.07, 6.45) is 3.98. The van der Waals surface area contributed by atoms with Crippen molar-refractivity contribution < 1.29 is 14.3 Å². The standard InChI is InChI=1S/C28H38N4O3/c1-22(2)24-11-13-26(14-12-24)29-28(34)32-20-17-30(18-21-32)16-19-31(23(3)33)15-7-9-25-8-5-6-10-27(25)35-4/h5-14,22H,15-21H2,1-4H3,(H,29,34)/b9-7+. The van der Waals surface area contributed by atoms with Crippen LogP contribution in [0.3, 0.4) is 0 Å². The van der Waals surface area contributed by atoms with Crippen molar-refractivity contribution in [3.8, 4) is 5.75 Å². The number of nitrogens with one attached hydrogen (secondary N) is 1. The number of rotatable bonds is 9. The van der Waals surface area contributed by atoms with Crippen LogP contribution in [-0.2, 0) is 4.79 Å². The average Bonchev–Trinajstić information content (AvgIpc) is 2.86. The molecule has 1 aliphatic heterocycles. The van der Waals surface area contributed by atoms with Crippen molar-refractivity contribution in [3.63, 3.8) is 0 Å². The minimum atomic E-state index is -0.0613. The van der Waals surface area contributed by atoms with E-state index in [1.165, 1.54) is 5.56 Å². The lowest BCUT2D eigenvalue weighted by Gasteiger charge is -2.35. The van der Waals surface area contributed by atoms with Gasteiger partial charge in [-0.3, -0.25) is 9.69 Å². The van der Waals surface area contributed by atoms with Crippen molar-refractivity contribution in [2.45, 2.75) is 26.7 Å². The summed E-state index contributed by atoms with van der Waals surface area (Å²) in [6.45, 7) is 10.8. The van der Waals surface area contributed by atoms with Gasteiger partial charge in [-0.1, -0.05) is 56.3 Å². The third-order valence-electron chi connectivity index (χ3n) is 6.38. The summed E-state index contributed by atoms with van der Waals surface area (Å²) < 4.78 is 5.38. The first-order valence-corrected chi connectivity index (χ1v) is 12.3. The molecule has 1 N–H and O–H groups in total. The fourth-order valence-corrected chi connectivity index (χ4v) is 4.08. The molecule has 1 saturated heterocycles. The van der Waals surface area contributed by atoms with Crippen LogP contribution in [-0.4, -0.2) is 79.6 Å². The number of para-hydroxylation sites is 1. The Balaban J connectivity index is 1.43. The normalized spacial score (nSPS) is 14.4. The van der Waals surface area contributed by atoms with E-state index in [1.54, 1.807) is 14.0 Å². The predicted octanol–water partition coefficient (Wildman–Crippen LogP) is 4.53. The van der Waals surface area contributed by atoms with Crippen molar-refractivity contribution in [3.05, 3.63) is 65.7 Å². The molecular formula is C28H38N4O3. The molecule has 2 aromatic carbocycles. The maximum Gasteiger partial charge on any atom is 0.321 e. The summed E-state index contributed by atoms with van der Waals surface area (Å²) in [7, 11) is 1.65. The first kappa shape index (κ1) is 26.3. The van der Waals surface area contributed by atoms with Gasteiger partial charge in [-0.15, -0.1) is 0 Å². The molecule has 0 unspecified atom stereocenters. The van der Waals surface area contributed by atoms with Crippen LogP contribution in [0, 0.1) is 0 Å². The van der Waals surface area contributed by atoms with E-state index in [0.717, 1.165) is 36.6 Å². The van der Waals surface area contributed by atoms with Crippen molar-refractivity contribution in [2.75, 3.05) is 58.2 Å². The van der Waals surface area contributed by atoms with Crippen LogP contribution in [0.15, 0.2) is 54.6 Å². The van der Waals surface area contributed by atoms with E-state index >= 15 is 0 Å². The van der Waals surface area contributed by atoms with Crippen LogP contribution in [0.25, 0.3) is 6.08 Å². The molecule has 0 aliphatic carbocycles. The number of piperazine rings is 1. The van der Waals surface area contributed by atoms with Crippen molar-refractivity contribution in [2.24, 2.45) is 0 Å². The number of carbonyl (C=O) groups excluding carboxylic acids is 2. The number of methoxy groups -OCH3 is 1. The van der Waals surface area contributed by atoms with E-state index in [2.05, 4.69) is 36.2 Å². The van der Waals surface area contributed by atoms with Crippen LogP contribution < -0.4 is 10.1 Å². The number of amides is 3. The van der Waals surface area contributed by atoms with Gasteiger partial charge in [0.15, 0.2) is 0 Å². The highest BCUT2D eigenvalue weighted by atomic mass is 16.5. The fourth-order valence-electron chi connectivity index (χ4n) is 4.08. The van der Waals surface area contributed by atoms with E-state index in [1.807, 2.05) is 58.4 Å². The van der Waals surface area contributed by atoms with Crippen molar-refractivity contribution >= 4 is 23.7 Å². The lowest BCUT2D eigenvalue weighted by molar-refractivity contribution is -0.128. The van der Waals surface area contributed by atoms with Gasteiger partial charge in [0.1, 0.15) is 5.75 Å². The van der Waals surface area contributed by atoms with Gasteiger partial charge in [0.2, 0.25) is 5.91 Å². The van der Waals surface area contributed by atoms with Gasteiger partial charge in [0.25, 0.3) is 0 Å². The summed E-state index contributed by atoms with van der Waals surface area (Å²) in [5.74, 6) is 1.33. The SMILES string of the molecule is COc1ccccc1/C=C/CN(CCN1CCN(C(=O)Nc2ccc(C(C)C)cc2)CC1)C(C)=O. The van der Waals surface area contributed by atoms with Gasteiger partial charge in [0.05, 0.1) is 7.11 Å². The largest absolute Gasteiger partial charge is 0.496 e. The Morgan fingerprint density at radius 3 is 2.37 bits per heavy atom. The summed E-state index contributed by atoms with van der Waals surface area (Å²) in [4.78, 5) is 30.8. The number of anilines is 1. The Morgan fingerprint density at radius 2 is 1.74 bits per heavy atom. The fraction of sp³-hybridized carbons (Fsp3) is 0.429. The number of ether oxygens (including phenoxy) is 1. The molecule has 0 aromatic heterocycles. The number of benzene rings is 2. The van der Waals surface area contributed by atoms with Gasteiger partial charge >= 0.3 is 6.03 Å². The van der Waals surface area contributed by atoms with E-state index in [4.69, 9.17) is 4.74 Å². The lowest BCUT2D eigenvalue weighted by Crippen LogP contribution is -2.51. The van der Waals surface area contributed by atoms with Crippen molar-refractivity contribution in [1.82, 2.24) is 14.7 Å². The number of hydrogen-bond acceptors (Lipinski definition) is 4. The Hall–Kier alpha value is -3.32. The molecular weight excluding hydrogens is 440 g/mol. The molecule has 188 valence electrons. The van der Waals surface area contributed by atoms with E-state index in [0.29, 0.717) is 32.1 Å². The second kappa shape index (κ2) is 13.0. The van der Waals surface area contributed by atoms with Crippen LogP contribution in [0.2, 0.25) is 0 Å². The molecule has 1 aliphatic rings. The Kier molecular flexibility index (Phi) is 9.73. The van der Waals surface area contributed by atoms with Gasteiger partial charge in [0, 0.05) is 64.0 Å². The maximum absolute atomic E-state index is 12.7. The molecule has 1 heterocycles. The topological polar surface area (TPSA) is 65.1 Å². The number of carbonyl (C=O) groups is 2. The van der Waals surface area contributed by atoms with Gasteiger partial charge in [-0.2, -0.15) is 0 Å². The highest BCUT2D eigenvalue weighted by Gasteiger charge is 2.21. The summed E-state index contributed by atoms with van der Waals surface area (Å²) >= 11 is 0. The average molecular weight is 479 g/mol. The molecule has 7 nitrogen and oxygen atoms in total. The molecule has 0 saturated carbocycles. The van der Waals surface area contributed by atoms with Crippen LogP contribution in [0.1, 0.15) is 37.8 Å². The molecule has 7 heteroatoms. The number of urea groups is 1. The molecule has 0 bridgehead atoms. The molecule has 35 heavy (non-hydrogen) atoms. The lowest BCUT2D eigenvalue weighted by atomic mass is 10.0. The highest BCUT2D eigenvalue weighted by molar-refractivity contribution is 5.89. The zero-order valence-corrected chi connectivity index (χ0v) is 21.4.